The predicted octanol–water partition coefficient (Wildman–Crippen LogP) is 6.74. The number of fused-ring (bicyclic) bond motifs is 1. The van der Waals surface area contributed by atoms with Gasteiger partial charge in [0.25, 0.3) is 0 Å². The summed E-state index contributed by atoms with van der Waals surface area (Å²) < 4.78 is 7.84. The molecular weight excluding hydrogens is 408 g/mol. The van der Waals surface area contributed by atoms with E-state index in [0.717, 1.165) is 64.8 Å². The first-order valence-electron chi connectivity index (χ1n) is 11.8. The van der Waals surface area contributed by atoms with E-state index in [1.165, 1.54) is 0 Å². The molecule has 4 heteroatoms. The molecule has 33 heavy (non-hydrogen) atoms. The second kappa shape index (κ2) is 8.87. The number of imidazole rings is 1. The van der Waals surface area contributed by atoms with Crippen molar-refractivity contribution in [2.45, 2.75) is 51.2 Å². The second-order valence-corrected chi connectivity index (χ2v) is 9.22. The zero-order valence-electron chi connectivity index (χ0n) is 19.2. The van der Waals surface area contributed by atoms with Crippen molar-refractivity contribution in [1.82, 2.24) is 9.55 Å². The summed E-state index contributed by atoms with van der Waals surface area (Å²) in [5.74, 6) is 0.871. The smallest absolute Gasteiger partial charge is 0.119 e. The number of rotatable bonds is 6. The lowest BCUT2D eigenvalue weighted by Gasteiger charge is -2.22. The number of hydrogen-bond acceptors (Lipinski definition) is 3. The monoisotopic (exact) mass is 438 g/mol. The summed E-state index contributed by atoms with van der Waals surface area (Å²) in [5.41, 5.74) is 5.71. The van der Waals surface area contributed by atoms with Gasteiger partial charge in [0.05, 0.1) is 22.7 Å². The Labute approximate surface area is 195 Å². The molecule has 0 aliphatic heterocycles. The lowest BCUT2D eigenvalue weighted by Crippen LogP contribution is -2.20. The van der Waals surface area contributed by atoms with E-state index >= 15 is 0 Å². The van der Waals surface area contributed by atoms with Crippen molar-refractivity contribution in [3.05, 3.63) is 89.7 Å². The fourth-order valence-electron chi connectivity index (χ4n) is 4.64. The third-order valence-corrected chi connectivity index (χ3v) is 6.40. The van der Waals surface area contributed by atoms with Crippen LogP contribution in [0.15, 0.2) is 73.1 Å². The summed E-state index contributed by atoms with van der Waals surface area (Å²) in [7, 11) is 0. The fraction of sp³-hybridized carbons (Fsp3) is 0.276. The third kappa shape index (κ3) is 4.57. The van der Waals surface area contributed by atoms with E-state index in [4.69, 9.17) is 4.74 Å². The highest BCUT2D eigenvalue weighted by Gasteiger charge is 2.32. The molecule has 0 saturated heterocycles. The summed E-state index contributed by atoms with van der Waals surface area (Å²) in [4.78, 5) is 4.61. The van der Waals surface area contributed by atoms with Gasteiger partial charge in [0.1, 0.15) is 12.1 Å². The van der Waals surface area contributed by atoms with E-state index in [-0.39, 0.29) is 6.10 Å². The first-order chi connectivity index (χ1) is 16.0. The number of nitrogens with zero attached hydrogens (tertiary/aromatic N) is 2. The molecule has 1 N–H and O–H groups in total. The topological polar surface area (TPSA) is 47.3 Å². The Balaban J connectivity index is 1.32. The van der Waals surface area contributed by atoms with Crippen molar-refractivity contribution < 1.29 is 9.84 Å². The van der Waals surface area contributed by atoms with E-state index in [0.29, 0.717) is 0 Å². The zero-order chi connectivity index (χ0) is 22.8. The maximum absolute atomic E-state index is 10.8. The van der Waals surface area contributed by atoms with Gasteiger partial charge in [-0.1, -0.05) is 55.3 Å². The van der Waals surface area contributed by atoms with Crippen molar-refractivity contribution in [2.24, 2.45) is 0 Å². The lowest BCUT2D eigenvalue weighted by molar-refractivity contribution is 0.0445. The molecule has 1 aromatic heterocycles. The van der Waals surface area contributed by atoms with Crippen molar-refractivity contribution >= 4 is 23.2 Å². The largest absolute Gasteiger partial charge is 0.491 e. The molecule has 1 fully saturated rings. The first kappa shape index (κ1) is 21.5. The summed E-state index contributed by atoms with van der Waals surface area (Å²) >= 11 is 0. The van der Waals surface area contributed by atoms with Gasteiger partial charge in [0.2, 0.25) is 0 Å². The molecule has 1 aliphatic carbocycles. The molecule has 4 nitrogen and oxygen atoms in total. The summed E-state index contributed by atoms with van der Waals surface area (Å²) in [6.45, 7) is 4.05. The highest BCUT2D eigenvalue weighted by atomic mass is 16.5. The molecule has 3 aromatic carbocycles. The minimum absolute atomic E-state index is 0.160. The van der Waals surface area contributed by atoms with Gasteiger partial charge in [-0.3, -0.25) is 4.57 Å². The van der Waals surface area contributed by atoms with Crippen molar-refractivity contribution in [2.75, 3.05) is 0 Å². The second-order valence-electron chi connectivity index (χ2n) is 9.22. The van der Waals surface area contributed by atoms with E-state index in [1.54, 1.807) is 0 Å². The summed E-state index contributed by atoms with van der Waals surface area (Å²) in [5, 5.41) is 10.8. The van der Waals surface area contributed by atoms with Gasteiger partial charge in [0.15, 0.2) is 0 Å². The van der Waals surface area contributed by atoms with Crippen LogP contribution in [0, 0.1) is 0 Å². The number of hydrogen-bond donors (Lipinski definition) is 1. The average Bonchev–Trinajstić information content (AvgIpc) is 3.45. The van der Waals surface area contributed by atoms with Crippen molar-refractivity contribution in [3.63, 3.8) is 0 Å². The van der Waals surface area contributed by atoms with Crippen LogP contribution in [0.5, 0.6) is 5.75 Å². The van der Waals surface area contributed by atoms with Crippen LogP contribution in [-0.4, -0.2) is 20.8 Å². The van der Waals surface area contributed by atoms with Crippen LogP contribution >= 0.6 is 0 Å². The van der Waals surface area contributed by atoms with Crippen LogP contribution in [0.4, 0.5) is 0 Å². The average molecular weight is 439 g/mol. The Hall–Kier alpha value is -3.37. The molecule has 0 atom stereocenters. The number of aromatic nitrogens is 2. The van der Waals surface area contributed by atoms with Crippen LogP contribution in [0.2, 0.25) is 0 Å². The Kier molecular flexibility index (Phi) is 5.77. The van der Waals surface area contributed by atoms with Crippen LogP contribution in [0.3, 0.4) is 0 Å². The molecule has 1 aliphatic rings. The SMILES string of the molecule is CC(C)Oc1ccc(-n2cnc3cc(/C=C\c4ccc(C5(O)CCCC5)cc4)ccc32)cc1. The zero-order valence-corrected chi connectivity index (χ0v) is 19.2. The molecule has 1 saturated carbocycles. The van der Waals surface area contributed by atoms with Gasteiger partial charge in [-0.25, -0.2) is 4.98 Å². The molecule has 5 rings (SSSR count). The molecule has 0 unspecified atom stereocenters. The van der Waals surface area contributed by atoms with Crippen molar-refractivity contribution in [3.8, 4) is 11.4 Å². The number of benzene rings is 3. The molecule has 0 amide bonds. The predicted molar refractivity (Wildman–Crippen MR) is 135 cm³/mol. The number of ether oxygens (including phenoxy) is 1. The maximum atomic E-state index is 10.8. The molecule has 1 heterocycles. The highest BCUT2D eigenvalue weighted by molar-refractivity contribution is 5.82. The minimum atomic E-state index is -0.631. The van der Waals surface area contributed by atoms with E-state index in [2.05, 4.69) is 76.3 Å². The first-order valence-corrected chi connectivity index (χ1v) is 11.8. The van der Waals surface area contributed by atoms with Gasteiger partial charge in [-0.05, 0) is 79.8 Å². The Morgan fingerprint density at radius 3 is 2.27 bits per heavy atom. The van der Waals surface area contributed by atoms with Gasteiger partial charge in [0, 0.05) is 5.69 Å². The van der Waals surface area contributed by atoms with Crippen LogP contribution < -0.4 is 4.74 Å². The van der Waals surface area contributed by atoms with Gasteiger partial charge in [-0.15, -0.1) is 0 Å². The normalized spacial score (nSPS) is 15.6. The Bertz CT molecular complexity index is 1260. The molecule has 4 aromatic rings. The summed E-state index contributed by atoms with van der Waals surface area (Å²) in [6, 6.07) is 22.7. The van der Waals surface area contributed by atoms with E-state index < -0.39 is 5.60 Å². The van der Waals surface area contributed by atoms with Crippen molar-refractivity contribution in [1.29, 1.82) is 0 Å². The standard InChI is InChI=1S/C29H30N2O2/c1-21(2)33-26-14-12-25(13-15-26)31-20-30-27-19-23(9-16-28(27)31)6-5-22-7-10-24(11-8-22)29(32)17-3-4-18-29/h5-16,19-21,32H,3-4,17-18H2,1-2H3/b6-5-. The lowest BCUT2D eigenvalue weighted by atomic mass is 9.91. The fourth-order valence-corrected chi connectivity index (χ4v) is 4.64. The van der Waals surface area contributed by atoms with Crippen LogP contribution in [0.25, 0.3) is 28.9 Å². The van der Waals surface area contributed by atoms with Crippen LogP contribution in [0.1, 0.15) is 56.2 Å². The Morgan fingerprint density at radius 2 is 1.58 bits per heavy atom. The molecular formula is C29H30N2O2. The van der Waals surface area contributed by atoms with Gasteiger partial charge in [-0.2, -0.15) is 0 Å². The van der Waals surface area contributed by atoms with Gasteiger partial charge >= 0.3 is 0 Å². The Morgan fingerprint density at radius 1 is 0.909 bits per heavy atom. The van der Waals surface area contributed by atoms with Gasteiger partial charge < -0.3 is 9.84 Å². The quantitative estimate of drug-likeness (QED) is 0.339. The maximum Gasteiger partial charge on any atom is 0.119 e. The third-order valence-electron chi connectivity index (χ3n) is 6.40. The summed E-state index contributed by atoms with van der Waals surface area (Å²) in [6.07, 6.45) is 10.2. The van der Waals surface area contributed by atoms with Crippen LogP contribution in [-0.2, 0) is 5.60 Å². The molecule has 0 spiro atoms. The minimum Gasteiger partial charge on any atom is -0.491 e. The van der Waals surface area contributed by atoms with E-state index in [1.807, 2.05) is 32.3 Å². The van der Waals surface area contributed by atoms with E-state index in [9.17, 15) is 5.11 Å². The molecule has 0 bridgehead atoms. The molecule has 0 radical (unpaired) electrons. The highest BCUT2D eigenvalue weighted by Crippen LogP contribution is 2.38. The molecule has 168 valence electrons. The number of aliphatic hydroxyl groups is 1.